The molecule has 0 amide bonds. The number of ether oxygens (including phenoxy) is 1. The van der Waals surface area contributed by atoms with Gasteiger partial charge in [0.1, 0.15) is 5.72 Å². The molecule has 3 heteroatoms. The van der Waals surface area contributed by atoms with Crippen molar-refractivity contribution in [2.45, 2.75) is 45.4 Å². The van der Waals surface area contributed by atoms with Gasteiger partial charge in [0.2, 0.25) is 0 Å². The molecule has 0 saturated carbocycles. The average Bonchev–Trinajstić information content (AvgIpc) is 2.17. The molecule has 1 saturated heterocycles. The van der Waals surface area contributed by atoms with Gasteiger partial charge in [-0.1, -0.05) is 22.7 Å². The molecule has 0 aromatic rings. The molecular weight excluding hydrogens is 157 g/mol. The summed E-state index contributed by atoms with van der Waals surface area (Å²) in [6.45, 7) is 7.31. The summed E-state index contributed by atoms with van der Waals surface area (Å²) in [7, 11) is 2.76. The molecule has 1 aliphatic rings. The monoisotopic (exact) mass is 175 g/mol. The van der Waals surface area contributed by atoms with Gasteiger partial charge in [0.05, 0.1) is 6.61 Å². The van der Waals surface area contributed by atoms with Gasteiger partial charge in [0.15, 0.2) is 0 Å². The highest BCUT2D eigenvalue weighted by atomic mass is 31.0. The zero-order valence-electron chi connectivity index (χ0n) is 7.63. The molecule has 0 N–H and O–H groups in total. The molecule has 1 heterocycles. The second-order valence-corrected chi connectivity index (χ2v) is 4.16. The standard InChI is InChI=1S/C8H18NOP/c1-4-5-7-6-10-8(2,3)9(7)11/h7H,4-6,11H2,1-3H3. The molecule has 0 aliphatic carbocycles. The molecule has 1 aliphatic heterocycles. The van der Waals surface area contributed by atoms with Crippen LogP contribution < -0.4 is 0 Å². The summed E-state index contributed by atoms with van der Waals surface area (Å²) in [6, 6.07) is 0.597. The molecule has 2 atom stereocenters. The number of nitrogens with zero attached hydrogens (tertiary/aromatic N) is 1. The van der Waals surface area contributed by atoms with Crippen LogP contribution in [0.5, 0.6) is 0 Å². The zero-order valence-corrected chi connectivity index (χ0v) is 8.79. The summed E-state index contributed by atoms with van der Waals surface area (Å²) in [5, 5.41) is 0. The van der Waals surface area contributed by atoms with E-state index in [0.29, 0.717) is 6.04 Å². The Hall–Kier alpha value is 0.350. The van der Waals surface area contributed by atoms with Gasteiger partial charge < -0.3 is 4.74 Å². The number of rotatable bonds is 2. The third-order valence-corrected chi connectivity index (χ3v) is 3.31. The third kappa shape index (κ3) is 1.93. The van der Waals surface area contributed by atoms with Crippen LogP contribution in [0.1, 0.15) is 33.6 Å². The van der Waals surface area contributed by atoms with E-state index in [9.17, 15) is 0 Å². The Morgan fingerprint density at radius 3 is 2.64 bits per heavy atom. The lowest BCUT2D eigenvalue weighted by Crippen LogP contribution is -2.35. The number of hydrogen-bond donors (Lipinski definition) is 0. The van der Waals surface area contributed by atoms with Gasteiger partial charge in [-0.2, -0.15) is 0 Å². The van der Waals surface area contributed by atoms with Crippen LogP contribution in [-0.2, 0) is 4.74 Å². The van der Waals surface area contributed by atoms with Crippen LogP contribution in [0.3, 0.4) is 0 Å². The minimum absolute atomic E-state index is 0.0789. The normalized spacial score (nSPS) is 31.1. The van der Waals surface area contributed by atoms with Crippen LogP contribution in [0, 0.1) is 0 Å². The first-order chi connectivity index (χ1) is 5.08. The van der Waals surface area contributed by atoms with Crippen LogP contribution in [0.25, 0.3) is 0 Å². The van der Waals surface area contributed by atoms with Crippen molar-refractivity contribution in [1.29, 1.82) is 0 Å². The summed E-state index contributed by atoms with van der Waals surface area (Å²) < 4.78 is 7.87. The Balaban J connectivity index is 2.49. The van der Waals surface area contributed by atoms with Crippen molar-refractivity contribution in [1.82, 2.24) is 4.67 Å². The predicted octanol–water partition coefficient (Wildman–Crippen LogP) is 2.01. The SMILES string of the molecule is CCCC1COC(C)(C)N1P. The molecule has 2 nitrogen and oxygen atoms in total. The molecular formula is C8H18NOP. The molecule has 0 aromatic carbocycles. The van der Waals surface area contributed by atoms with E-state index in [1.54, 1.807) is 0 Å². The quantitative estimate of drug-likeness (QED) is 0.595. The highest BCUT2D eigenvalue weighted by Gasteiger charge is 2.36. The van der Waals surface area contributed by atoms with E-state index in [2.05, 4.69) is 34.8 Å². The summed E-state index contributed by atoms with van der Waals surface area (Å²) >= 11 is 0. The third-order valence-electron chi connectivity index (χ3n) is 2.27. The zero-order chi connectivity index (χ0) is 8.48. The largest absolute Gasteiger partial charge is 0.359 e. The predicted molar refractivity (Wildman–Crippen MR) is 50.3 cm³/mol. The van der Waals surface area contributed by atoms with E-state index < -0.39 is 0 Å². The molecule has 0 radical (unpaired) electrons. The Morgan fingerprint density at radius 1 is 1.64 bits per heavy atom. The van der Waals surface area contributed by atoms with E-state index in [0.717, 1.165) is 6.61 Å². The highest BCUT2D eigenvalue weighted by Crippen LogP contribution is 2.32. The summed E-state index contributed by atoms with van der Waals surface area (Å²) in [5.74, 6) is 0. The second kappa shape index (κ2) is 3.38. The first kappa shape index (κ1) is 9.44. The molecule has 2 unspecified atom stereocenters. The fourth-order valence-electron chi connectivity index (χ4n) is 1.45. The average molecular weight is 175 g/mol. The van der Waals surface area contributed by atoms with Crippen molar-refractivity contribution >= 4 is 9.39 Å². The Labute approximate surface area is 71.5 Å². The first-order valence-electron chi connectivity index (χ1n) is 4.26. The van der Waals surface area contributed by atoms with E-state index in [-0.39, 0.29) is 5.72 Å². The van der Waals surface area contributed by atoms with Crippen LogP contribution >= 0.6 is 9.39 Å². The van der Waals surface area contributed by atoms with Gasteiger partial charge in [0.25, 0.3) is 0 Å². The van der Waals surface area contributed by atoms with Gasteiger partial charge in [-0.25, -0.2) is 0 Å². The van der Waals surface area contributed by atoms with Gasteiger partial charge in [-0.05, 0) is 20.3 Å². The Kier molecular flexibility index (Phi) is 2.90. The van der Waals surface area contributed by atoms with E-state index in [4.69, 9.17) is 4.74 Å². The van der Waals surface area contributed by atoms with Crippen molar-refractivity contribution in [3.8, 4) is 0 Å². The van der Waals surface area contributed by atoms with Crippen molar-refractivity contribution in [3.63, 3.8) is 0 Å². The summed E-state index contributed by atoms with van der Waals surface area (Å²) in [5.41, 5.74) is -0.0789. The van der Waals surface area contributed by atoms with Crippen molar-refractivity contribution in [2.75, 3.05) is 6.61 Å². The maximum absolute atomic E-state index is 5.62. The molecule has 0 spiro atoms. The molecule has 1 rings (SSSR count). The van der Waals surface area contributed by atoms with E-state index >= 15 is 0 Å². The van der Waals surface area contributed by atoms with Crippen LogP contribution in [-0.4, -0.2) is 23.0 Å². The first-order valence-corrected chi connectivity index (χ1v) is 4.77. The number of hydrogen-bond acceptors (Lipinski definition) is 2. The minimum Gasteiger partial charge on any atom is -0.359 e. The molecule has 11 heavy (non-hydrogen) atoms. The Bertz CT molecular complexity index is 138. The van der Waals surface area contributed by atoms with Crippen LogP contribution in [0.2, 0.25) is 0 Å². The lowest BCUT2D eigenvalue weighted by Gasteiger charge is -2.28. The molecule has 66 valence electrons. The smallest absolute Gasteiger partial charge is 0.119 e. The Morgan fingerprint density at radius 2 is 2.27 bits per heavy atom. The van der Waals surface area contributed by atoms with E-state index in [1.807, 2.05) is 0 Å². The van der Waals surface area contributed by atoms with Crippen LogP contribution in [0.4, 0.5) is 0 Å². The molecule has 1 fully saturated rings. The maximum Gasteiger partial charge on any atom is 0.119 e. The molecule has 0 aromatic heterocycles. The highest BCUT2D eigenvalue weighted by molar-refractivity contribution is 7.13. The summed E-state index contributed by atoms with van der Waals surface area (Å²) in [6.07, 6.45) is 2.46. The minimum atomic E-state index is -0.0789. The summed E-state index contributed by atoms with van der Waals surface area (Å²) in [4.78, 5) is 0. The fraction of sp³-hybridized carbons (Fsp3) is 1.00. The van der Waals surface area contributed by atoms with Gasteiger partial charge in [-0.15, -0.1) is 0 Å². The topological polar surface area (TPSA) is 12.5 Å². The second-order valence-electron chi connectivity index (χ2n) is 3.61. The van der Waals surface area contributed by atoms with Crippen molar-refractivity contribution in [2.24, 2.45) is 0 Å². The lowest BCUT2D eigenvalue weighted by atomic mass is 10.2. The van der Waals surface area contributed by atoms with Gasteiger partial charge >= 0.3 is 0 Å². The van der Waals surface area contributed by atoms with Gasteiger partial charge in [0, 0.05) is 6.04 Å². The van der Waals surface area contributed by atoms with Crippen LogP contribution in [0.15, 0.2) is 0 Å². The fourth-order valence-corrected chi connectivity index (χ4v) is 1.76. The van der Waals surface area contributed by atoms with E-state index in [1.165, 1.54) is 12.8 Å². The van der Waals surface area contributed by atoms with Crippen molar-refractivity contribution < 1.29 is 4.74 Å². The van der Waals surface area contributed by atoms with Crippen molar-refractivity contribution in [3.05, 3.63) is 0 Å². The molecule has 0 bridgehead atoms. The van der Waals surface area contributed by atoms with Gasteiger partial charge in [-0.3, -0.25) is 4.67 Å². The lowest BCUT2D eigenvalue weighted by molar-refractivity contribution is -0.0124. The maximum atomic E-state index is 5.62.